The molecule has 0 amide bonds. The Bertz CT molecular complexity index is 129. The van der Waals surface area contributed by atoms with E-state index in [1.165, 1.54) is 5.57 Å². The third-order valence-corrected chi connectivity index (χ3v) is 2.06. The molecule has 2 atom stereocenters. The minimum absolute atomic E-state index is 0.292. The minimum Gasteiger partial charge on any atom is -0.228 e. The number of rotatable bonds is 0. The first-order valence-electron chi connectivity index (χ1n) is 3.40. The van der Waals surface area contributed by atoms with Crippen molar-refractivity contribution in [3.05, 3.63) is 11.6 Å². The van der Waals surface area contributed by atoms with Crippen molar-refractivity contribution in [2.75, 3.05) is 0 Å². The molecule has 2 bridgehead atoms. The highest BCUT2D eigenvalue weighted by Gasteiger charge is 2.39. The molecular formula is C7H10O2. The normalized spacial score (nSPS) is 39.9. The van der Waals surface area contributed by atoms with Crippen molar-refractivity contribution in [1.29, 1.82) is 0 Å². The van der Waals surface area contributed by atoms with Gasteiger partial charge in [-0.05, 0) is 25.3 Å². The van der Waals surface area contributed by atoms with Gasteiger partial charge in [0.05, 0.1) is 0 Å². The van der Waals surface area contributed by atoms with Gasteiger partial charge in [0, 0.05) is 0 Å². The molecule has 0 spiro atoms. The molecule has 0 N–H and O–H groups in total. The van der Waals surface area contributed by atoms with Gasteiger partial charge in [0.2, 0.25) is 0 Å². The van der Waals surface area contributed by atoms with E-state index in [4.69, 9.17) is 9.78 Å². The Labute approximate surface area is 54.4 Å². The second kappa shape index (κ2) is 1.82. The van der Waals surface area contributed by atoms with Crippen LogP contribution in [0.4, 0.5) is 0 Å². The lowest BCUT2D eigenvalue weighted by Gasteiger charge is -2.05. The fraction of sp³-hybridized carbons (Fsp3) is 0.714. The number of allylic oxidation sites excluding steroid dienone is 1. The van der Waals surface area contributed by atoms with Gasteiger partial charge in [-0.2, -0.15) is 0 Å². The van der Waals surface area contributed by atoms with Crippen LogP contribution in [0, 0.1) is 0 Å². The van der Waals surface area contributed by atoms with E-state index in [1.807, 2.05) is 6.92 Å². The van der Waals surface area contributed by atoms with Crippen LogP contribution < -0.4 is 0 Å². The third kappa shape index (κ3) is 0.635. The molecule has 1 heterocycles. The lowest BCUT2D eigenvalue weighted by atomic mass is 10.2. The van der Waals surface area contributed by atoms with Gasteiger partial charge in [0.1, 0.15) is 12.2 Å². The van der Waals surface area contributed by atoms with Crippen LogP contribution in [0.2, 0.25) is 0 Å². The van der Waals surface area contributed by atoms with E-state index in [1.54, 1.807) is 0 Å². The zero-order valence-corrected chi connectivity index (χ0v) is 5.46. The van der Waals surface area contributed by atoms with E-state index in [-0.39, 0.29) is 0 Å². The van der Waals surface area contributed by atoms with E-state index in [0.717, 1.165) is 12.8 Å². The molecule has 2 rings (SSSR count). The first-order valence-corrected chi connectivity index (χ1v) is 3.40. The number of fused-ring (bicyclic) bond motifs is 2. The summed E-state index contributed by atoms with van der Waals surface area (Å²) < 4.78 is 0. The van der Waals surface area contributed by atoms with Gasteiger partial charge in [-0.3, -0.25) is 0 Å². The van der Waals surface area contributed by atoms with Gasteiger partial charge in [-0.25, -0.2) is 9.78 Å². The van der Waals surface area contributed by atoms with Gasteiger partial charge < -0.3 is 0 Å². The fourth-order valence-corrected chi connectivity index (χ4v) is 1.56. The zero-order valence-electron chi connectivity index (χ0n) is 5.46. The Morgan fingerprint density at radius 2 is 1.89 bits per heavy atom. The Kier molecular flexibility index (Phi) is 1.10. The standard InChI is InChI=1S/C7H10O2/c1-2-5-6-3-4-7(5)9-8-6/h2,6-7H,3-4H2,1H3. The second-order valence-corrected chi connectivity index (χ2v) is 2.54. The summed E-state index contributed by atoms with van der Waals surface area (Å²) in [5.41, 5.74) is 1.34. The molecule has 1 aliphatic carbocycles. The second-order valence-electron chi connectivity index (χ2n) is 2.54. The van der Waals surface area contributed by atoms with Gasteiger partial charge in [-0.1, -0.05) is 6.08 Å². The molecule has 0 radical (unpaired) electrons. The molecule has 1 saturated carbocycles. The van der Waals surface area contributed by atoms with Crippen LogP contribution in [0.3, 0.4) is 0 Å². The molecule has 1 aliphatic heterocycles. The molecule has 0 aromatic rings. The van der Waals surface area contributed by atoms with Crippen molar-refractivity contribution in [1.82, 2.24) is 0 Å². The Morgan fingerprint density at radius 1 is 1.33 bits per heavy atom. The fourth-order valence-electron chi connectivity index (χ4n) is 1.56. The Morgan fingerprint density at radius 3 is 2.11 bits per heavy atom. The molecular weight excluding hydrogens is 116 g/mol. The molecule has 9 heavy (non-hydrogen) atoms. The van der Waals surface area contributed by atoms with Crippen LogP contribution in [0.5, 0.6) is 0 Å². The lowest BCUT2D eigenvalue weighted by Crippen LogP contribution is -2.05. The minimum atomic E-state index is 0.292. The van der Waals surface area contributed by atoms with Crippen LogP contribution in [0.15, 0.2) is 11.6 Å². The van der Waals surface area contributed by atoms with Crippen molar-refractivity contribution >= 4 is 0 Å². The molecule has 2 aliphatic rings. The summed E-state index contributed by atoms with van der Waals surface area (Å²) in [5.74, 6) is 0. The van der Waals surface area contributed by atoms with E-state index in [9.17, 15) is 0 Å². The van der Waals surface area contributed by atoms with Gasteiger partial charge >= 0.3 is 0 Å². The number of hydrogen-bond acceptors (Lipinski definition) is 2. The average molecular weight is 126 g/mol. The van der Waals surface area contributed by atoms with Gasteiger partial charge in [0.25, 0.3) is 0 Å². The summed E-state index contributed by atoms with van der Waals surface area (Å²) in [4.78, 5) is 9.97. The largest absolute Gasteiger partial charge is 0.228 e. The van der Waals surface area contributed by atoms with Crippen LogP contribution in [0.1, 0.15) is 19.8 Å². The molecule has 2 fully saturated rings. The first kappa shape index (κ1) is 5.45. The van der Waals surface area contributed by atoms with Crippen LogP contribution in [0.25, 0.3) is 0 Å². The van der Waals surface area contributed by atoms with Crippen molar-refractivity contribution in [3.63, 3.8) is 0 Å². The highest BCUT2D eigenvalue weighted by molar-refractivity contribution is 5.19. The number of hydrogen-bond donors (Lipinski definition) is 0. The third-order valence-electron chi connectivity index (χ3n) is 2.06. The van der Waals surface area contributed by atoms with E-state index >= 15 is 0 Å². The molecule has 2 heteroatoms. The van der Waals surface area contributed by atoms with E-state index < -0.39 is 0 Å². The molecule has 2 nitrogen and oxygen atoms in total. The highest BCUT2D eigenvalue weighted by Crippen LogP contribution is 2.36. The van der Waals surface area contributed by atoms with Crippen molar-refractivity contribution in [2.45, 2.75) is 32.0 Å². The summed E-state index contributed by atoms with van der Waals surface area (Å²) in [5, 5.41) is 0. The smallest absolute Gasteiger partial charge is 0.117 e. The molecule has 0 aromatic carbocycles. The summed E-state index contributed by atoms with van der Waals surface area (Å²) in [6.07, 6.45) is 4.98. The predicted molar refractivity (Wildman–Crippen MR) is 32.7 cm³/mol. The SMILES string of the molecule is CC=C1C2CCC1OO2. The molecule has 0 aromatic heterocycles. The van der Waals surface area contributed by atoms with Crippen molar-refractivity contribution in [3.8, 4) is 0 Å². The van der Waals surface area contributed by atoms with Crippen molar-refractivity contribution < 1.29 is 9.78 Å². The maximum atomic E-state index is 4.99. The summed E-state index contributed by atoms with van der Waals surface area (Å²) in [6.45, 7) is 2.04. The molecule has 50 valence electrons. The Balaban J connectivity index is 2.26. The average Bonchev–Trinajstić information content (AvgIpc) is 2.44. The summed E-state index contributed by atoms with van der Waals surface area (Å²) >= 11 is 0. The van der Waals surface area contributed by atoms with Crippen LogP contribution in [-0.2, 0) is 9.78 Å². The summed E-state index contributed by atoms with van der Waals surface area (Å²) in [7, 11) is 0. The zero-order chi connectivity index (χ0) is 6.27. The van der Waals surface area contributed by atoms with Crippen molar-refractivity contribution in [2.24, 2.45) is 0 Å². The maximum Gasteiger partial charge on any atom is 0.117 e. The van der Waals surface area contributed by atoms with Crippen LogP contribution >= 0.6 is 0 Å². The lowest BCUT2D eigenvalue weighted by molar-refractivity contribution is -0.315. The van der Waals surface area contributed by atoms with Crippen LogP contribution in [-0.4, -0.2) is 12.2 Å². The predicted octanol–water partition coefficient (Wildman–Crippen LogP) is 1.43. The Hall–Kier alpha value is -0.340. The van der Waals surface area contributed by atoms with E-state index in [2.05, 4.69) is 6.08 Å². The monoisotopic (exact) mass is 126 g/mol. The van der Waals surface area contributed by atoms with E-state index in [0.29, 0.717) is 12.2 Å². The van der Waals surface area contributed by atoms with Gasteiger partial charge in [-0.15, -0.1) is 0 Å². The maximum absolute atomic E-state index is 4.99. The first-order chi connectivity index (χ1) is 4.42. The summed E-state index contributed by atoms with van der Waals surface area (Å²) in [6, 6.07) is 0. The topological polar surface area (TPSA) is 18.5 Å². The molecule has 2 unspecified atom stereocenters. The highest BCUT2D eigenvalue weighted by atomic mass is 17.2. The van der Waals surface area contributed by atoms with Gasteiger partial charge in [0.15, 0.2) is 0 Å². The molecule has 1 saturated heterocycles. The quantitative estimate of drug-likeness (QED) is 0.361.